The predicted molar refractivity (Wildman–Crippen MR) is 139 cm³/mol. The molecule has 0 aliphatic heterocycles. The third-order valence-corrected chi connectivity index (χ3v) is 19.6. The second-order valence-electron chi connectivity index (χ2n) is 8.02. The van der Waals surface area contributed by atoms with E-state index in [-0.39, 0.29) is 4.13 Å². The summed E-state index contributed by atoms with van der Waals surface area (Å²) in [6.07, 6.45) is 17.8. The first kappa shape index (κ1) is 27.1. The molecule has 0 spiro atoms. The summed E-state index contributed by atoms with van der Waals surface area (Å²) in [7, 11) is 32.5. The van der Waals surface area contributed by atoms with Crippen molar-refractivity contribution in [2.24, 2.45) is 0 Å². The Hall–Kier alpha value is 0.539. The van der Waals surface area contributed by atoms with Gasteiger partial charge in [-0.15, -0.1) is 0 Å². The Kier molecular flexibility index (Phi) is 9.39. The Morgan fingerprint density at radius 2 is 1.31 bits per heavy atom. The van der Waals surface area contributed by atoms with E-state index >= 15 is 0 Å². The van der Waals surface area contributed by atoms with E-state index in [1.54, 1.807) is 0 Å². The van der Waals surface area contributed by atoms with Crippen LogP contribution in [0.1, 0.15) is 64.0 Å². The van der Waals surface area contributed by atoms with Crippen molar-refractivity contribution in [3.05, 3.63) is 85.5 Å². The van der Waals surface area contributed by atoms with Gasteiger partial charge in [-0.3, -0.25) is 0 Å². The number of hydrogen-bond acceptors (Lipinski definition) is 0. The van der Waals surface area contributed by atoms with Crippen molar-refractivity contribution < 1.29 is 23.3 Å². The summed E-state index contributed by atoms with van der Waals surface area (Å²) in [5, 5.41) is 0. The van der Waals surface area contributed by atoms with E-state index < -0.39 is 23.3 Å². The molecule has 0 fully saturated rings. The molecule has 32 heavy (non-hydrogen) atoms. The van der Waals surface area contributed by atoms with Crippen molar-refractivity contribution in [1.29, 1.82) is 0 Å². The van der Waals surface area contributed by atoms with Gasteiger partial charge in [-0.1, -0.05) is 0 Å². The summed E-state index contributed by atoms with van der Waals surface area (Å²) in [5.74, 6) is 0. The molecular weight excluding hydrogens is 579 g/mol. The fourth-order valence-corrected chi connectivity index (χ4v) is 15.9. The van der Waals surface area contributed by atoms with Gasteiger partial charge in [0.15, 0.2) is 0 Å². The molecule has 7 heteroatoms. The average Bonchev–Trinajstić information content (AvgIpc) is 3.51. The molecule has 0 saturated heterocycles. The van der Waals surface area contributed by atoms with Crippen molar-refractivity contribution in [3.8, 4) is 0 Å². The second kappa shape index (κ2) is 11.1. The second-order valence-corrected chi connectivity index (χ2v) is 27.3. The molecule has 0 N–H and O–H groups in total. The summed E-state index contributed by atoms with van der Waals surface area (Å²) in [6.45, 7) is 6.43. The minimum atomic E-state index is -3.15. The molecule has 0 bridgehead atoms. The van der Waals surface area contributed by atoms with Crippen LogP contribution in [0.2, 0.25) is 0 Å². The third kappa shape index (κ3) is 5.21. The number of fused-ring (bicyclic) bond motifs is 1. The van der Waals surface area contributed by atoms with Gasteiger partial charge in [0, 0.05) is 0 Å². The molecule has 0 heterocycles. The zero-order valence-electron chi connectivity index (χ0n) is 18.6. The molecule has 1 atom stereocenters. The first-order valence-corrected chi connectivity index (χ1v) is 22.7. The van der Waals surface area contributed by atoms with Gasteiger partial charge in [0.2, 0.25) is 0 Å². The third-order valence-electron chi connectivity index (χ3n) is 6.40. The van der Waals surface area contributed by atoms with Crippen LogP contribution in [-0.4, -0.2) is 0 Å². The van der Waals surface area contributed by atoms with E-state index in [0.717, 1.165) is 32.1 Å². The molecular formula is C25H29Cl5V2. The van der Waals surface area contributed by atoms with Crippen LogP contribution in [0.4, 0.5) is 0 Å². The Bertz CT molecular complexity index is 971. The molecule has 1 aromatic carbocycles. The van der Waals surface area contributed by atoms with Gasteiger partial charge in [-0.2, -0.15) is 0 Å². The van der Waals surface area contributed by atoms with Crippen LogP contribution in [0.5, 0.6) is 0 Å². The van der Waals surface area contributed by atoms with Crippen molar-refractivity contribution in [2.75, 3.05) is 0 Å². The number of allylic oxidation sites excluding steroid dienone is 9. The molecule has 0 saturated carbocycles. The molecule has 3 aliphatic rings. The van der Waals surface area contributed by atoms with Crippen LogP contribution in [0.25, 0.3) is 6.08 Å². The number of rotatable bonds is 6. The van der Waals surface area contributed by atoms with E-state index in [1.807, 2.05) is 12.1 Å². The summed E-state index contributed by atoms with van der Waals surface area (Å²) in [5.41, 5.74) is 5.11. The van der Waals surface area contributed by atoms with Crippen LogP contribution in [0.15, 0.2) is 74.4 Å². The number of hydrogen-bond donors (Lipinski definition) is 0. The van der Waals surface area contributed by atoms with Crippen molar-refractivity contribution in [2.45, 2.75) is 57.0 Å². The fourth-order valence-electron chi connectivity index (χ4n) is 4.54. The Morgan fingerprint density at radius 3 is 1.78 bits per heavy atom. The van der Waals surface area contributed by atoms with E-state index in [1.165, 1.54) is 30.8 Å². The van der Waals surface area contributed by atoms with E-state index in [2.05, 4.69) is 69.4 Å². The molecule has 174 valence electrons. The number of benzene rings is 1. The molecule has 0 aromatic heterocycles. The quantitative estimate of drug-likeness (QED) is 0.301. The molecule has 0 radical (unpaired) electrons. The van der Waals surface area contributed by atoms with E-state index in [4.69, 9.17) is 49.2 Å². The Balaban J connectivity index is 0.000000182. The topological polar surface area (TPSA) is 0 Å². The summed E-state index contributed by atoms with van der Waals surface area (Å²) < 4.78 is 2.39. The van der Waals surface area contributed by atoms with Gasteiger partial charge in [0.25, 0.3) is 0 Å². The van der Waals surface area contributed by atoms with Crippen LogP contribution in [-0.2, 0) is 27.4 Å². The molecule has 1 unspecified atom stereocenters. The average molecular weight is 609 g/mol. The van der Waals surface area contributed by atoms with E-state index in [9.17, 15) is 0 Å². The SMILES string of the molecule is CCC1=[C]([V]([Cl])([Cl])[C]2=C(CC)C=CC2)CC=C1.CC[C]1([V]([Cl])([Cl])[Cl])C=Cc2ccccc21. The molecule has 1 aromatic rings. The van der Waals surface area contributed by atoms with Gasteiger partial charge < -0.3 is 0 Å². The van der Waals surface area contributed by atoms with Gasteiger partial charge >= 0.3 is 221 Å². The minimum absolute atomic E-state index is 0.306. The van der Waals surface area contributed by atoms with Crippen LogP contribution in [0.3, 0.4) is 0 Å². The van der Waals surface area contributed by atoms with Gasteiger partial charge in [-0.25, -0.2) is 0 Å². The van der Waals surface area contributed by atoms with Gasteiger partial charge in [0.05, 0.1) is 0 Å². The van der Waals surface area contributed by atoms with Gasteiger partial charge in [-0.05, 0) is 0 Å². The monoisotopic (exact) mass is 606 g/mol. The normalized spacial score (nSPS) is 22.0. The maximum absolute atomic E-state index is 6.84. The fraction of sp³-hybridized carbons (Fsp3) is 0.360. The zero-order valence-corrected chi connectivity index (χ0v) is 25.2. The molecule has 3 aliphatic carbocycles. The Morgan fingerprint density at radius 1 is 0.781 bits per heavy atom. The standard InChI is InChI=1S/C11H11.2C7H9.5ClH.2V/c1-2-9-7-8-10-5-3-4-6-11(9)10;2*1-2-7-5-3-4-6-7;;;;;;;/h3-8H,2H2,1H3;2*3,5H,2,4H2,1H3;5*1H;;/q;;;;;;;;+2;+3/p-5. The Labute approximate surface area is 219 Å². The van der Waals surface area contributed by atoms with Gasteiger partial charge in [0.1, 0.15) is 0 Å². The first-order valence-electron chi connectivity index (χ1n) is 11.0. The number of halogens is 5. The van der Waals surface area contributed by atoms with Crippen LogP contribution < -0.4 is 0 Å². The van der Waals surface area contributed by atoms with Crippen molar-refractivity contribution in [3.63, 3.8) is 0 Å². The summed E-state index contributed by atoms with van der Waals surface area (Å²) in [6, 6.07) is 8.16. The van der Waals surface area contributed by atoms with Crippen LogP contribution >= 0.6 is 49.2 Å². The maximum atomic E-state index is 6.84. The molecule has 0 nitrogen and oxygen atoms in total. The van der Waals surface area contributed by atoms with Crippen molar-refractivity contribution >= 4 is 55.3 Å². The summed E-state index contributed by atoms with van der Waals surface area (Å²) >= 11 is -5.96. The predicted octanol–water partition coefficient (Wildman–Crippen LogP) is 10.6. The van der Waals surface area contributed by atoms with Crippen molar-refractivity contribution in [1.82, 2.24) is 0 Å². The first-order chi connectivity index (χ1) is 15.1. The zero-order chi connectivity index (χ0) is 23.6. The molecule has 4 rings (SSSR count). The molecule has 0 amide bonds. The van der Waals surface area contributed by atoms with Crippen LogP contribution in [0, 0.1) is 0 Å². The summed E-state index contributed by atoms with van der Waals surface area (Å²) in [4.78, 5) is 0. The van der Waals surface area contributed by atoms with E-state index in [0.29, 0.717) is 0 Å².